The Kier molecular flexibility index (Phi) is 26.4. The Balaban J connectivity index is 1.29. The Morgan fingerprint density at radius 1 is 0.884 bits per heavy atom. The second-order valence-electron chi connectivity index (χ2n) is 17.0. The molecular weight excluding hydrogens is 987 g/mol. The van der Waals surface area contributed by atoms with Crippen LogP contribution < -0.4 is 16.4 Å². The molecule has 0 aliphatic carbocycles. The van der Waals surface area contributed by atoms with Crippen LogP contribution in [0.4, 0.5) is 5.82 Å². The lowest BCUT2D eigenvalue weighted by Gasteiger charge is -2.30. The number of rotatable bonds is 35. The number of aliphatic hydroxyl groups excluding tert-OH is 2. The average Bonchev–Trinajstić information content (AvgIpc) is 3.84. The molecule has 0 aromatic carbocycles. The van der Waals surface area contributed by atoms with E-state index in [0.29, 0.717) is 5.75 Å². The van der Waals surface area contributed by atoms with Crippen LogP contribution in [0.25, 0.3) is 11.2 Å². The summed E-state index contributed by atoms with van der Waals surface area (Å²) in [6, 6.07) is 0. The number of allylic oxidation sites excluding steroid dienone is 3. The molecule has 2 aromatic rings. The maximum atomic E-state index is 12.7. The summed E-state index contributed by atoms with van der Waals surface area (Å²) in [6.45, 7) is 2.74. The highest BCUT2D eigenvalue weighted by Crippen LogP contribution is 2.61. The standard InChI is InChI=1S/C41H70N7O17P3S/c1-4-5-6-7-8-9-10-11-12-13-14-15-16-17-18-19-20-21-32(50)69-25-24-43-31(49)22-23-44-39(53)36(52)41(2,3)27-62-68(59,60)65-67(57,58)61-26-30-35(64-66(54,55)56)34(51)40(63-30)48-29-47-33-37(42)45-28-46-38(33)48/h9-10,20-21,28-30,34-36,40,51-52H,4-8,11-19,22-27H2,1-3H3,(H,43,49)(H,44,53)(H,57,58)(H,59,60)(H2,42,45,46)(H2,54,55,56)/b10-9-,21-20+/t30-,34-,35-,36+,40-/m1/s1. The third-order valence-corrected chi connectivity index (χ3v) is 14.6. The SMILES string of the molecule is CCCCCC/C=C\CCCCCCCCC/C=C/C(=O)SCCNC(=O)CCNC(=O)[C@H](O)C(C)(C)COP(=O)(O)OP(=O)(O)OC[C@H]1O[C@@H](n2cnc3c(N)ncnc32)[C@H](O)[C@@H]1OP(=O)(O)O. The lowest BCUT2D eigenvalue weighted by Crippen LogP contribution is -2.46. The zero-order valence-electron chi connectivity index (χ0n) is 39.3. The molecule has 1 aliphatic heterocycles. The van der Waals surface area contributed by atoms with Gasteiger partial charge in [0.2, 0.25) is 16.9 Å². The number of hydrogen-bond donors (Lipinski definition) is 9. The molecule has 7 atom stereocenters. The van der Waals surface area contributed by atoms with Crippen molar-refractivity contribution in [1.82, 2.24) is 30.2 Å². The minimum Gasteiger partial charge on any atom is -0.386 e. The number of anilines is 1. The fourth-order valence-electron chi connectivity index (χ4n) is 6.84. The van der Waals surface area contributed by atoms with Gasteiger partial charge >= 0.3 is 23.5 Å². The summed E-state index contributed by atoms with van der Waals surface area (Å²) in [6.07, 6.45) is 17.9. The fraction of sp³-hybridized carbons (Fsp3) is 0.707. The number of phosphoric ester groups is 3. The normalized spacial score (nSPS) is 20.1. The number of nitrogen functional groups attached to an aromatic ring is 1. The van der Waals surface area contributed by atoms with Crippen molar-refractivity contribution < 1.29 is 80.5 Å². The molecule has 392 valence electrons. The molecule has 0 radical (unpaired) electrons. The van der Waals surface area contributed by atoms with Crippen LogP contribution in [0.5, 0.6) is 0 Å². The van der Waals surface area contributed by atoms with E-state index in [1.165, 1.54) is 84.5 Å². The molecule has 69 heavy (non-hydrogen) atoms. The maximum absolute atomic E-state index is 12.7. The van der Waals surface area contributed by atoms with E-state index in [4.69, 9.17) is 19.5 Å². The van der Waals surface area contributed by atoms with Crippen LogP contribution in [0.2, 0.25) is 0 Å². The van der Waals surface area contributed by atoms with Crippen LogP contribution in [0.15, 0.2) is 37.0 Å². The molecule has 24 nitrogen and oxygen atoms in total. The molecular formula is C41H70N7O17P3S. The van der Waals surface area contributed by atoms with Gasteiger partial charge in [0.15, 0.2) is 17.7 Å². The molecule has 0 bridgehead atoms. The van der Waals surface area contributed by atoms with E-state index in [2.05, 4.69) is 53.5 Å². The number of carbonyl (C=O) groups excluding carboxylic acids is 3. The van der Waals surface area contributed by atoms with Gasteiger partial charge in [0.25, 0.3) is 0 Å². The van der Waals surface area contributed by atoms with Crippen molar-refractivity contribution in [3.05, 3.63) is 37.0 Å². The first-order valence-electron chi connectivity index (χ1n) is 22.9. The van der Waals surface area contributed by atoms with Crippen LogP contribution in [-0.4, -0.2) is 123 Å². The molecule has 28 heteroatoms. The predicted octanol–water partition coefficient (Wildman–Crippen LogP) is 5.26. The van der Waals surface area contributed by atoms with Crippen molar-refractivity contribution in [2.75, 3.05) is 37.8 Å². The van der Waals surface area contributed by atoms with E-state index in [1.54, 1.807) is 6.08 Å². The van der Waals surface area contributed by atoms with Crippen molar-refractivity contribution in [3.8, 4) is 0 Å². The number of ether oxygens (including phenoxy) is 1. The van der Waals surface area contributed by atoms with Crippen LogP contribution in [0.3, 0.4) is 0 Å². The van der Waals surface area contributed by atoms with Gasteiger partial charge in [-0.1, -0.05) is 102 Å². The molecule has 2 unspecified atom stereocenters. The van der Waals surface area contributed by atoms with Gasteiger partial charge < -0.3 is 50.9 Å². The summed E-state index contributed by atoms with van der Waals surface area (Å²) in [5.74, 6) is -1.10. The Bertz CT molecular complexity index is 2130. The molecule has 2 aromatic heterocycles. The molecule has 0 spiro atoms. The van der Waals surface area contributed by atoms with Gasteiger partial charge in [0.1, 0.15) is 36.3 Å². The number of phosphoric acid groups is 3. The summed E-state index contributed by atoms with van der Waals surface area (Å²) in [7, 11) is -16.4. The average molecular weight is 1060 g/mol. The number of amides is 2. The van der Waals surface area contributed by atoms with Crippen molar-refractivity contribution in [3.63, 3.8) is 0 Å². The number of nitrogens with two attached hydrogens (primary N) is 1. The molecule has 1 fully saturated rings. The molecule has 1 saturated heterocycles. The van der Waals surface area contributed by atoms with Gasteiger partial charge in [-0.15, -0.1) is 0 Å². The lowest BCUT2D eigenvalue weighted by atomic mass is 9.87. The summed E-state index contributed by atoms with van der Waals surface area (Å²) in [4.78, 5) is 88.3. The highest BCUT2D eigenvalue weighted by atomic mass is 32.2. The van der Waals surface area contributed by atoms with E-state index >= 15 is 0 Å². The molecule has 3 rings (SSSR count). The number of thioether (sulfide) groups is 1. The number of fused-ring (bicyclic) bond motifs is 1. The van der Waals surface area contributed by atoms with Gasteiger partial charge in [0.05, 0.1) is 19.5 Å². The second-order valence-corrected chi connectivity index (χ2v) is 22.3. The van der Waals surface area contributed by atoms with E-state index in [9.17, 15) is 57.9 Å². The fourth-order valence-corrected chi connectivity index (χ4v) is 10.3. The van der Waals surface area contributed by atoms with E-state index < -0.39 is 84.6 Å². The Morgan fingerprint density at radius 2 is 1.49 bits per heavy atom. The zero-order chi connectivity index (χ0) is 51.1. The van der Waals surface area contributed by atoms with Crippen LogP contribution in [0.1, 0.15) is 123 Å². The lowest BCUT2D eigenvalue weighted by molar-refractivity contribution is -0.137. The first-order valence-corrected chi connectivity index (χ1v) is 28.4. The minimum absolute atomic E-state index is 0.0319. The monoisotopic (exact) mass is 1060 g/mol. The van der Waals surface area contributed by atoms with E-state index in [1.807, 2.05) is 6.08 Å². The quantitative estimate of drug-likeness (QED) is 0.0184. The van der Waals surface area contributed by atoms with E-state index in [0.717, 1.165) is 48.2 Å². The summed E-state index contributed by atoms with van der Waals surface area (Å²) >= 11 is 1.07. The largest absolute Gasteiger partial charge is 0.481 e. The Hall–Kier alpha value is -2.96. The first-order chi connectivity index (χ1) is 32.6. The molecule has 10 N–H and O–H groups in total. The number of aromatic nitrogens is 4. The summed E-state index contributed by atoms with van der Waals surface area (Å²) in [5, 5.41) is 26.5. The van der Waals surface area contributed by atoms with Gasteiger partial charge in [-0.3, -0.25) is 32.5 Å². The van der Waals surface area contributed by atoms with Crippen molar-refractivity contribution >= 4 is 69.1 Å². The van der Waals surface area contributed by atoms with Crippen LogP contribution >= 0.6 is 35.2 Å². The Labute approximate surface area is 406 Å². The highest BCUT2D eigenvalue weighted by Gasteiger charge is 2.50. The molecule has 1 aliphatic rings. The van der Waals surface area contributed by atoms with Crippen LogP contribution in [-0.2, 0) is 50.7 Å². The maximum Gasteiger partial charge on any atom is 0.481 e. The number of carbonyl (C=O) groups is 3. The second kappa shape index (κ2) is 30.2. The molecule has 0 saturated carbocycles. The number of aliphatic hydroxyl groups is 2. The molecule has 2 amide bonds. The van der Waals surface area contributed by atoms with E-state index in [-0.39, 0.29) is 41.6 Å². The number of imidazole rings is 1. The minimum atomic E-state index is -5.58. The number of hydrogen-bond acceptors (Lipinski definition) is 18. The highest BCUT2D eigenvalue weighted by molar-refractivity contribution is 8.14. The smallest absolute Gasteiger partial charge is 0.386 e. The zero-order valence-corrected chi connectivity index (χ0v) is 42.8. The van der Waals surface area contributed by atoms with Gasteiger partial charge in [-0.25, -0.2) is 28.6 Å². The number of nitrogens with zero attached hydrogens (tertiary/aromatic N) is 4. The number of unbranched alkanes of at least 4 members (excludes halogenated alkanes) is 12. The van der Waals surface area contributed by atoms with Gasteiger partial charge in [-0.05, 0) is 44.6 Å². The van der Waals surface area contributed by atoms with Gasteiger partial charge in [0, 0.05) is 30.7 Å². The van der Waals surface area contributed by atoms with Crippen molar-refractivity contribution in [1.29, 1.82) is 0 Å². The first kappa shape index (κ1) is 60.3. The summed E-state index contributed by atoms with van der Waals surface area (Å²) < 4.78 is 62.4. The topological polar surface area (TPSA) is 364 Å². The third kappa shape index (κ3) is 23.0. The molecule has 3 heterocycles. The van der Waals surface area contributed by atoms with Crippen molar-refractivity contribution in [2.24, 2.45) is 5.41 Å². The predicted molar refractivity (Wildman–Crippen MR) is 256 cm³/mol. The third-order valence-electron chi connectivity index (χ3n) is 10.6. The van der Waals surface area contributed by atoms with Crippen LogP contribution in [0, 0.1) is 5.41 Å². The van der Waals surface area contributed by atoms with Crippen molar-refractivity contribution in [2.45, 2.75) is 148 Å². The number of nitrogens with one attached hydrogen (secondary N) is 2. The van der Waals surface area contributed by atoms with Gasteiger partial charge in [-0.2, -0.15) is 4.31 Å². The Morgan fingerprint density at radius 3 is 2.13 bits per heavy atom. The summed E-state index contributed by atoms with van der Waals surface area (Å²) in [5.41, 5.74) is 4.28.